The number of aromatic nitrogens is 3. The number of nitrogens with one attached hydrogen (secondary N) is 1. The summed E-state index contributed by atoms with van der Waals surface area (Å²) in [5.74, 6) is 1.50. The molecular weight excluding hydrogens is 380 g/mol. The van der Waals surface area contributed by atoms with Crippen LogP contribution in [0.4, 0.5) is 5.82 Å². The van der Waals surface area contributed by atoms with Crippen LogP contribution in [0.15, 0.2) is 30.6 Å². The Bertz CT molecular complexity index is 1050. The number of anilines is 1. The fourth-order valence-electron chi connectivity index (χ4n) is 3.79. The van der Waals surface area contributed by atoms with Gasteiger partial charge in [0, 0.05) is 55.8 Å². The summed E-state index contributed by atoms with van der Waals surface area (Å²) in [6.45, 7) is 5.78. The van der Waals surface area contributed by atoms with Crippen LogP contribution >= 0.6 is 0 Å². The molecular formula is C23H28N4O3. The molecule has 3 aromatic rings. The fraction of sp³-hybridized carbons (Fsp3) is 0.435. The van der Waals surface area contributed by atoms with Gasteiger partial charge in [0.25, 0.3) is 0 Å². The normalized spacial score (nSPS) is 16.2. The van der Waals surface area contributed by atoms with Gasteiger partial charge in [-0.3, -0.25) is 9.78 Å². The van der Waals surface area contributed by atoms with E-state index in [9.17, 15) is 4.79 Å². The maximum absolute atomic E-state index is 11.5. The third-order valence-electron chi connectivity index (χ3n) is 5.39. The quantitative estimate of drug-likeness (QED) is 0.591. The van der Waals surface area contributed by atoms with E-state index in [0.717, 1.165) is 59.5 Å². The summed E-state index contributed by atoms with van der Waals surface area (Å²) in [4.78, 5) is 20.8. The monoisotopic (exact) mass is 408 g/mol. The van der Waals surface area contributed by atoms with Gasteiger partial charge in [-0.05, 0) is 18.9 Å². The van der Waals surface area contributed by atoms with E-state index in [4.69, 9.17) is 14.5 Å². The zero-order chi connectivity index (χ0) is 21.1. The first-order valence-corrected chi connectivity index (χ1v) is 10.5. The highest BCUT2D eigenvalue weighted by molar-refractivity contribution is 5.98. The van der Waals surface area contributed by atoms with Crippen LogP contribution in [-0.2, 0) is 16.6 Å². The van der Waals surface area contributed by atoms with E-state index in [1.165, 1.54) is 6.92 Å². The van der Waals surface area contributed by atoms with Crippen LogP contribution < -0.4 is 10.1 Å². The number of hydrogen-bond acceptors (Lipinski definition) is 5. The fourth-order valence-corrected chi connectivity index (χ4v) is 3.79. The van der Waals surface area contributed by atoms with Crippen LogP contribution in [0.25, 0.3) is 22.2 Å². The van der Waals surface area contributed by atoms with Crippen LogP contribution in [-0.4, -0.2) is 40.3 Å². The molecule has 0 saturated carbocycles. The molecule has 7 nitrogen and oxygen atoms in total. The van der Waals surface area contributed by atoms with E-state index < -0.39 is 0 Å². The van der Waals surface area contributed by atoms with E-state index in [1.54, 1.807) is 6.20 Å². The zero-order valence-corrected chi connectivity index (χ0v) is 17.8. The Morgan fingerprint density at radius 1 is 1.37 bits per heavy atom. The smallest absolute Gasteiger partial charge is 0.222 e. The number of aryl methyl sites for hydroxylation is 1. The summed E-state index contributed by atoms with van der Waals surface area (Å²) in [6.07, 6.45) is 6.90. The lowest BCUT2D eigenvalue weighted by Crippen LogP contribution is -2.07. The second-order valence-corrected chi connectivity index (χ2v) is 7.80. The summed E-state index contributed by atoms with van der Waals surface area (Å²) >= 11 is 0. The molecule has 4 rings (SSSR count). The number of rotatable bonds is 7. The van der Waals surface area contributed by atoms with Crippen molar-refractivity contribution < 1.29 is 14.3 Å². The minimum atomic E-state index is -0.146. The van der Waals surface area contributed by atoms with E-state index in [2.05, 4.69) is 23.4 Å². The molecule has 4 heterocycles. The van der Waals surface area contributed by atoms with Crippen molar-refractivity contribution in [2.75, 3.05) is 25.1 Å². The Morgan fingerprint density at radius 3 is 2.97 bits per heavy atom. The van der Waals surface area contributed by atoms with Crippen molar-refractivity contribution in [1.29, 1.82) is 0 Å². The first-order chi connectivity index (χ1) is 14.5. The SMILES string of the molecule is CCCCOc1cc(-c2cn(C)c3cnc(NC(C)=O)cc23)nc(C2CCOC2)c1. The largest absolute Gasteiger partial charge is 0.493 e. The molecule has 30 heavy (non-hydrogen) atoms. The summed E-state index contributed by atoms with van der Waals surface area (Å²) in [7, 11) is 1.99. The van der Waals surface area contributed by atoms with Gasteiger partial charge in [-0.2, -0.15) is 0 Å². The van der Waals surface area contributed by atoms with Gasteiger partial charge in [0.15, 0.2) is 0 Å². The third kappa shape index (κ3) is 4.31. The number of hydrogen-bond donors (Lipinski definition) is 1. The number of carbonyl (C=O) groups excluding carboxylic acids is 1. The molecule has 3 aromatic heterocycles. The highest BCUT2D eigenvalue weighted by Gasteiger charge is 2.22. The number of carbonyl (C=O) groups is 1. The third-order valence-corrected chi connectivity index (χ3v) is 5.39. The van der Waals surface area contributed by atoms with Gasteiger partial charge >= 0.3 is 0 Å². The van der Waals surface area contributed by atoms with Gasteiger partial charge in [0.1, 0.15) is 11.6 Å². The van der Waals surface area contributed by atoms with Gasteiger partial charge in [-0.1, -0.05) is 13.3 Å². The average Bonchev–Trinajstić information content (AvgIpc) is 3.36. The van der Waals surface area contributed by atoms with E-state index in [1.807, 2.05) is 29.8 Å². The predicted octanol–water partition coefficient (Wildman–Crippen LogP) is 4.28. The molecule has 1 N–H and O–H groups in total. The van der Waals surface area contributed by atoms with Crippen molar-refractivity contribution in [2.24, 2.45) is 7.05 Å². The van der Waals surface area contributed by atoms with E-state index >= 15 is 0 Å². The molecule has 0 bridgehead atoms. The minimum Gasteiger partial charge on any atom is -0.493 e. The van der Waals surface area contributed by atoms with Crippen molar-refractivity contribution >= 4 is 22.6 Å². The van der Waals surface area contributed by atoms with Gasteiger partial charge in [-0.25, -0.2) is 4.98 Å². The topological polar surface area (TPSA) is 78.3 Å². The lowest BCUT2D eigenvalue weighted by atomic mass is 10.0. The van der Waals surface area contributed by atoms with Crippen LogP contribution in [0, 0.1) is 0 Å². The van der Waals surface area contributed by atoms with Crippen molar-refractivity contribution in [3.05, 3.63) is 36.3 Å². The number of pyridine rings is 2. The van der Waals surface area contributed by atoms with Crippen molar-refractivity contribution in [1.82, 2.24) is 14.5 Å². The number of fused-ring (bicyclic) bond motifs is 1. The minimum absolute atomic E-state index is 0.146. The predicted molar refractivity (Wildman–Crippen MR) is 117 cm³/mol. The van der Waals surface area contributed by atoms with Gasteiger partial charge in [0.05, 0.1) is 36.3 Å². The Morgan fingerprint density at radius 2 is 2.23 bits per heavy atom. The van der Waals surface area contributed by atoms with Gasteiger partial charge in [0.2, 0.25) is 5.91 Å². The van der Waals surface area contributed by atoms with Crippen molar-refractivity contribution in [2.45, 2.75) is 39.0 Å². The summed E-state index contributed by atoms with van der Waals surface area (Å²) in [5.41, 5.74) is 3.83. The standard InChI is InChI=1S/C23H28N4O3/c1-4-5-7-30-17-9-20(16-6-8-29-14-16)26-21(10-17)19-13-27(3)22-12-24-23(11-18(19)22)25-15(2)28/h9-13,16H,4-8,14H2,1-3H3,(H,24,25,28). The number of ether oxygens (including phenoxy) is 2. The number of amides is 1. The van der Waals surface area contributed by atoms with Crippen LogP contribution in [0.5, 0.6) is 5.75 Å². The Balaban J connectivity index is 1.79. The Kier molecular flexibility index (Phi) is 5.99. The molecule has 0 aromatic carbocycles. The first kappa shape index (κ1) is 20.3. The molecule has 0 radical (unpaired) electrons. The Hall–Kier alpha value is -2.93. The zero-order valence-electron chi connectivity index (χ0n) is 17.8. The molecule has 1 amide bonds. The van der Waals surface area contributed by atoms with Crippen molar-refractivity contribution in [3.63, 3.8) is 0 Å². The second-order valence-electron chi connectivity index (χ2n) is 7.80. The molecule has 7 heteroatoms. The molecule has 158 valence electrons. The van der Waals surface area contributed by atoms with Crippen LogP contribution in [0.1, 0.15) is 44.7 Å². The number of unbranched alkanes of at least 4 members (excludes halogenated alkanes) is 1. The molecule has 1 aliphatic heterocycles. The maximum atomic E-state index is 11.5. The molecule has 1 saturated heterocycles. The molecule has 1 fully saturated rings. The van der Waals surface area contributed by atoms with Gasteiger partial charge < -0.3 is 19.4 Å². The molecule has 1 unspecified atom stereocenters. The summed E-state index contributed by atoms with van der Waals surface area (Å²) < 4.78 is 13.7. The lowest BCUT2D eigenvalue weighted by molar-refractivity contribution is -0.114. The van der Waals surface area contributed by atoms with E-state index in [-0.39, 0.29) is 11.8 Å². The highest BCUT2D eigenvalue weighted by Crippen LogP contribution is 2.35. The van der Waals surface area contributed by atoms with Crippen LogP contribution in [0.3, 0.4) is 0 Å². The summed E-state index contributed by atoms with van der Waals surface area (Å²) in [6, 6.07) is 5.95. The summed E-state index contributed by atoms with van der Waals surface area (Å²) in [5, 5.41) is 3.75. The van der Waals surface area contributed by atoms with Crippen LogP contribution in [0.2, 0.25) is 0 Å². The first-order valence-electron chi connectivity index (χ1n) is 10.5. The molecule has 1 atom stereocenters. The lowest BCUT2D eigenvalue weighted by Gasteiger charge is -2.13. The van der Waals surface area contributed by atoms with E-state index in [0.29, 0.717) is 19.0 Å². The maximum Gasteiger partial charge on any atom is 0.222 e. The molecule has 0 spiro atoms. The second kappa shape index (κ2) is 8.83. The highest BCUT2D eigenvalue weighted by atomic mass is 16.5. The van der Waals surface area contributed by atoms with Crippen molar-refractivity contribution in [3.8, 4) is 17.0 Å². The Labute approximate surface area is 176 Å². The number of nitrogens with zero attached hydrogens (tertiary/aromatic N) is 3. The molecule has 0 aliphatic carbocycles. The average molecular weight is 409 g/mol. The van der Waals surface area contributed by atoms with Gasteiger partial charge in [-0.15, -0.1) is 0 Å². The molecule has 1 aliphatic rings.